The molecule has 2 heteroatoms. The van der Waals surface area contributed by atoms with Crippen LogP contribution in [0.4, 0.5) is 0 Å². The molecule has 0 spiro atoms. The highest BCUT2D eigenvalue weighted by atomic mass is 15.1. The lowest BCUT2D eigenvalue weighted by Gasteiger charge is -2.18. The van der Waals surface area contributed by atoms with Gasteiger partial charge in [-0.15, -0.1) is 0 Å². The molecule has 3 rings (SSSR count). The van der Waals surface area contributed by atoms with E-state index in [-0.39, 0.29) is 0 Å². The summed E-state index contributed by atoms with van der Waals surface area (Å²) in [6.07, 6.45) is 0. The summed E-state index contributed by atoms with van der Waals surface area (Å²) in [5, 5.41) is 4.90. The zero-order valence-electron chi connectivity index (χ0n) is 10.9. The number of nitrogens with zero attached hydrogens (tertiary/aromatic N) is 1. The molecule has 0 aliphatic carbocycles. The van der Waals surface area contributed by atoms with Crippen LogP contribution in [0.2, 0.25) is 0 Å². The summed E-state index contributed by atoms with van der Waals surface area (Å²) in [6, 6.07) is 6.95. The Labute approximate surface area is 103 Å². The van der Waals surface area contributed by atoms with E-state index < -0.39 is 0 Å². The van der Waals surface area contributed by atoms with Gasteiger partial charge in [-0.2, -0.15) is 0 Å². The van der Waals surface area contributed by atoms with Crippen molar-refractivity contribution >= 4 is 10.9 Å². The second-order valence-electron chi connectivity index (χ2n) is 5.33. The molecule has 0 radical (unpaired) electrons. The molecule has 0 unspecified atom stereocenters. The summed E-state index contributed by atoms with van der Waals surface area (Å²) in [7, 11) is 0. The predicted molar refractivity (Wildman–Crippen MR) is 72.5 cm³/mol. The van der Waals surface area contributed by atoms with E-state index >= 15 is 0 Å². The molecule has 1 aliphatic rings. The minimum atomic E-state index is 0.605. The van der Waals surface area contributed by atoms with Crippen LogP contribution in [0.25, 0.3) is 10.9 Å². The maximum Gasteiger partial charge on any atom is 0.0486 e. The Morgan fingerprint density at radius 1 is 1.29 bits per heavy atom. The maximum atomic E-state index is 3.46. The van der Waals surface area contributed by atoms with E-state index in [1.165, 1.54) is 27.7 Å². The Bertz CT molecular complexity index is 564. The minimum Gasteiger partial charge on any atom is -0.342 e. The average Bonchev–Trinajstić information content (AvgIpc) is 2.64. The Kier molecular flexibility index (Phi) is 2.48. The largest absolute Gasteiger partial charge is 0.342 e. The molecule has 90 valence electrons. The van der Waals surface area contributed by atoms with Crippen molar-refractivity contribution < 1.29 is 0 Å². The van der Waals surface area contributed by atoms with E-state index in [9.17, 15) is 0 Å². The lowest BCUT2D eigenvalue weighted by Crippen LogP contribution is -2.27. The van der Waals surface area contributed by atoms with Gasteiger partial charge in [0.25, 0.3) is 0 Å². The molecule has 0 atom stereocenters. The normalized spacial score (nSPS) is 15.5. The summed E-state index contributed by atoms with van der Waals surface area (Å²) in [6.45, 7) is 9.97. The molecular weight excluding hydrogens is 208 g/mol. The fourth-order valence-electron chi connectivity index (χ4n) is 2.83. The van der Waals surface area contributed by atoms with Gasteiger partial charge in [-0.3, -0.25) is 0 Å². The smallest absolute Gasteiger partial charge is 0.0486 e. The van der Waals surface area contributed by atoms with Crippen LogP contribution in [0.15, 0.2) is 18.2 Å². The third kappa shape index (κ3) is 1.59. The zero-order chi connectivity index (χ0) is 12.0. The molecule has 0 fully saturated rings. The number of fused-ring (bicyclic) bond motifs is 3. The van der Waals surface area contributed by atoms with Gasteiger partial charge in [0.2, 0.25) is 0 Å². The first kappa shape index (κ1) is 10.8. The minimum absolute atomic E-state index is 0.605. The van der Waals surface area contributed by atoms with Crippen LogP contribution >= 0.6 is 0 Å². The van der Waals surface area contributed by atoms with Crippen molar-refractivity contribution in [3.05, 3.63) is 35.0 Å². The molecule has 2 nitrogen and oxygen atoms in total. The van der Waals surface area contributed by atoms with Crippen molar-refractivity contribution in [2.75, 3.05) is 6.54 Å². The van der Waals surface area contributed by atoms with Gasteiger partial charge in [-0.1, -0.05) is 19.9 Å². The van der Waals surface area contributed by atoms with E-state index in [1.54, 1.807) is 0 Å². The van der Waals surface area contributed by atoms with Crippen molar-refractivity contribution in [3.63, 3.8) is 0 Å². The highest BCUT2D eigenvalue weighted by Crippen LogP contribution is 2.29. The quantitative estimate of drug-likeness (QED) is 0.793. The molecule has 1 N–H and O–H groups in total. The van der Waals surface area contributed by atoms with E-state index in [0.29, 0.717) is 5.92 Å². The van der Waals surface area contributed by atoms with Crippen LogP contribution in [0.1, 0.15) is 36.6 Å². The molecule has 1 aromatic carbocycles. The lowest BCUT2D eigenvalue weighted by molar-refractivity contribution is 0.524. The zero-order valence-corrected chi connectivity index (χ0v) is 10.9. The third-order valence-corrected chi connectivity index (χ3v) is 3.95. The second kappa shape index (κ2) is 3.88. The van der Waals surface area contributed by atoms with E-state index in [4.69, 9.17) is 0 Å². The molecule has 2 heterocycles. The predicted octanol–water partition coefficient (Wildman–Crippen LogP) is 3.18. The van der Waals surface area contributed by atoms with Crippen molar-refractivity contribution in [3.8, 4) is 0 Å². The van der Waals surface area contributed by atoms with E-state index in [1.807, 2.05) is 0 Å². The maximum absolute atomic E-state index is 3.46. The summed E-state index contributed by atoms with van der Waals surface area (Å²) in [4.78, 5) is 0. The number of hydrogen-bond donors (Lipinski definition) is 1. The molecule has 0 bridgehead atoms. The van der Waals surface area contributed by atoms with Crippen LogP contribution < -0.4 is 5.32 Å². The van der Waals surface area contributed by atoms with Crippen LogP contribution in [-0.2, 0) is 13.1 Å². The number of nitrogens with one attached hydrogen (secondary N) is 1. The van der Waals surface area contributed by atoms with Gasteiger partial charge in [0.1, 0.15) is 0 Å². The summed E-state index contributed by atoms with van der Waals surface area (Å²) in [5.41, 5.74) is 5.77. The summed E-state index contributed by atoms with van der Waals surface area (Å²) in [5.74, 6) is 0.605. The van der Waals surface area contributed by atoms with Crippen molar-refractivity contribution in [1.82, 2.24) is 9.88 Å². The Morgan fingerprint density at radius 2 is 2.12 bits per heavy atom. The molecule has 1 aromatic heterocycles. The second-order valence-corrected chi connectivity index (χ2v) is 5.33. The third-order valence-electron chi connectivity index (χ3n) is 3.95. The molecule has 0 saturated carbocycles. The Morgan fingerprint density at radius 3 is 2.88 bits per heavy atom. The van der Waals surface area contributed by atoms with Gasteiger partial charge in [0.05, 0.1) is 0 Å². The van der Waals surface area contributed by atoms with Gasteiger partial charge in [0, 0.05) is 36.2 Å². The van der Waals surface area contributed by atoms with Crippen LogP contribution in [0.3, 0.4) is 0 Å². The first-order valence-corrected chi connectivity index (χ1v) is 6.51. The topological polar surface area (TPSA) is 17.0 Å². The van der Waals surface area contributed by atoms with Crippen LogP contribution in [0.5, 0.6) is 0 Å². The average molecular weight is 228 g/mol. The van der Waals surface area contributed by atoms with Gasteiger partial charge in [-0.05, 0) is 36.1 Å². The molecule has 17 heavy (non-hydrogen) atoms. The summed E-state index contributed by atoms with van der Waals surface area (Å²) >= 11 is 0. The van der Waals surface area contributed by atoms with E-state index in [0.717, 1.165) is 19.6 Å². The van der Waals surface area contributed by atoms with E-state index in [2.05, 4.69) is 48.9 Å². The van der Waals surface area contributed by atoms with Gasteiger partial charge < -0.3 is 9.88 Å². The Balaban J connectivity index is 2.27. The Hall–Kier alpha value is -1.28. The molecule has 0 amide bonds. The number of benzene rings is 1. The molecule has 0 saturated heterocycles. The fraction of sp³-hybridized carbons (Fsp3) is 0.467. The number of aryl methyl sites for hydroxylation is 1. The van der Waals surface area contributed by atoms with Crippen molar-refractivity contribution in [1.29, 1.82) is 0 Å². The highest BCUT2D eigenvalue weighted by molar-refractivity contribution is 5.86. The van der Waals surface area contributed by atoms with Crippen LogP contribution in [0, 0.1) is 6.92 Å². The van der Waals surface area contributed by atoms with Crippen LogP contribution in [-0.4, -0.2) is 11.1 Å². The molecular formula is C15H20N2. The lowest BCUT2D eigenvalue weighted by atomic mass is 10.0. The van der Waals surface area contributed by atoms with Gasteiger partial charge in [0.15, 0.2) is 0 Å². The number of hydrogen-bond acceptors (Lipinski definition) is 1. The van der Waals surface area contributed by atoms with Crippen molar-refractivity contribution in [2.45, 2.75) is 39.8 Å². The van der Waals surface area contributed by atoms with Crippen molar-refractivity contribution in [2.24, 2.45) is 0 Å². The van der Waals surface area contributed by atoms with Gasteiger partial charge >= 0.3 is 0 Å². The first-order valence-electron chi connectivity index (χ1n) is 6.51. The monoisotopic (exact) mass is 228 g/mol. The number of aromatic nitrogens is 1. The summed E-state index contributed by atoms with van der Waals surface area (Å²) < 4.78 is 2.48. The SMILES string of the molecule is Cc1c2n(c3ccc(C(C)C)cc13)CCNC2. The fourth-order valence-corrected chi connectivity index (χ4v) is 2.83. The number of rotatable bonds is 1. The molecule has 2 aromatic rings. The van der Waals surface area contributed by atoms with Gasteiger partial charge in [-0.25, -0.2) is 0 Å². The highest BCUT2D eigenvalue weighted by Gasteiger charge is 2.17. The molecule has 1 aliphatic heterocycles. The standard InChI is InChI=1S/C15H20N2/c1-10(2)12-4-5-14-13(8-12)11(3)15-9-16-6-7-17(14)15/h4-5,8,10,16H,6-7,9H2,1-3H3. The first-order chi connectivity index (χ1) is 8.18.